The van der Waals surface area contributed by atoms with Gasteiger partial charge in [-0.15, -0.1) is 0 Å². The Kier molecular flexibility index (Phi) is 5.76. The summed E-state index contributed by atoms with van der Waals surface area (Å²) in [6.07, 6.45) is -0.0307. The van der Waals surface area contributed by atoms with E-state index in [0.717, 1.165) is 4.57 Å². The second-order valence-corrected chi connectivity index (χ2v) is 8.81. The molecule has 0 radical (unpaired) electrons. The fourth-order valence-electron chi connectivity index (χ4n) is 3.16. The predicted molar refractivity (Wildman–Crippen MR) is 118 cm³/mol. The second kappa shape index (κ2) is 8.15. The number of aromatic nitrogens is 2. The number of nitrogens with zero attached hydrogens (tertiary/aromatic N) is 3. The van der Waals surface area contributed by atoms with Gasteiger partial charge in [0.2, 0.25) is 15.7 Å². The van der Waals surface area contributed by atoms with Gasteiger partial charge in [-0.25, -0.2) is 18.4 Å². The summed E-state index contributed by atoms with van der Waals surface area (Å²) in [5, 5.41) is 0. The fraction of sp³-hybridized carbons (Fsp3) is 0.143. The van der Waals surface area contributed by atoms with Gasteiger partial charge in [-0.05, 0) is 50.4 Å². The van der Waals surface area contributed by atoms with Gasteiger partial charge in [0, 0.05) is 11.4 Å². The molecule has 10 heteroatoms. The first-order valence-corrected chi connectivity index (χ1v) is 10.6. The van der Waals surface area contributed by atoms with Crippen molar-refractivity contribution in [2.75, 3.05) is 11.5 Å². The maximum Gasteiger partial charge on any atom is 0.281 e. The number of aliphatic imine (C=N–C) groups is 1. The van der Waals surface area contributed by atoms with Crippen LogP contribution in [0.4, 0.5) is 11.4 Å². The third kappa shape index (κ3) is 3.97. The lowest BCUT2D eigenvalue weighted by molar-refractivity contribution is -0.117. The third-order valence-electron chi connectivity index (χ3n) is 4.79. The first-order chi connectivity index (χ1) is 14.6. The molecule has 1 aromatic carbocycles. The minimum Gasteiger partial charge on any atom is -0.396 e. The van der Waals surface area contributed by atoms with Crippen LogP contribution in [0.5, 0.6) is 0 Å². The van der Waals surface area contributed by atoms with Gasteiger partial charge < -0.3 is 11.5 Å². The van der Waals surface area contributed by atoms with Crippen molar-refractivity contribution in [2.24, 2.45) is 4.99 Å². The first-order valence-electron chi connectivity index (χ1n) is 9.16. The van der Waals surface area contributed by atoms with E-state index in [9.17, 15) is 18.0 Å². The molecule has 9 nitrogen and oxygen atoms in total. The average Bonchev–Trinajstić information content (AvgIpc) is 2.74. The van der Waals surface area contributed by atoms with Crippen LogP contribution >= 0.6 is 0 Å². The lowest BCUT2D eigenvalue weighted by Crippen LogP contribution is -2.28. The molecule has 0 aliphatic carbocycles. The molecular weight excluding hydrogens is 418 g/mol. The zero-order valence-electron chi connectivity index (χ0n) is 17.0. The molecule has 0 aliphatic rings. The summed E-state index contributed by atoms with van der Waals surface area (Å²) in [6.45, 7) is 6.41. The van der Waals surface area contributed by atoms with Gasteiger partial charge in [0.15, 0.2) is 5.82 Å². The number of carbonyl (C=O) groups excluding carboxylic acids is 1. The molecule has 3 rings (SSSR count). The number of anilines is 2. The lowest BCUT2D eigenvalue weighted by Gasteiger charge is -2.17. The lowest BCUT2D eigenvalue weighted by atomic mass is 10.1. The number of sulfone groups is 1. The number of hydrogen-bond acceptors (Lipinski definition) is 7. The van der Waals surface area contributed by atoms with Crippen molar-refractivity contribution in [1.29, 1.82) is 0 Å². The number of carbonyl (C=O) groups is 1. The number of hydrogen-bond donors (Lipinski definition) is 2. The molecular formula is C21H21N5O4S. The number of nitrogen functional groups attached to an aromatic ring is 2. The summed E-state index contributed by atoms with van der Waals surface area (Å²) in [6, 6.07) is 10.5. The van der Waals surface area contributed by atoms with Crippen LogP contribution in [0.1, 0.15) is 17.0 Å². The molecule has 0 atom stereocenters. The summed E-state index contributed by atoms with van der Waals surface area (Å²) < 4.78 is 27.1. The SMILES string of the molecule is C=NC(=O)Cc1cc(N)c(-n2c(C)cc(S(=O)(=O)c3ccccc3)c(N)c2=O)nc1C. The van der Waals surface area contributed by atoms with Crippen LogP contribution in [0.3, 0.4) is 0 Å². The van der Waals surface area contributed by atoms with Crippen molar-refractivity contribution in [3.05, 3.63) is 69.8 Å². The number of nitrogens with two attached hydrogens (primary N) is 2. The quantitative estimate of drug-likeness (QED) is 0.573. The van der Waals surface area contributed by atoms with Gasteiger partial charge in [-0.1, -0.05) is 18.2 Å². The Labute approximate surface area is 179 Å². The van der Waals surface area contributed by atoms with Gasteiger partial charge in [0.1, 0.15) is 10.6 Å². The highest BCUT2D eigenvalue weighted by Crippen LogP contribution is 2.27. The highest BCUT2D eigenvalue weighted by molar-refractivity contribution is 7.91. The Balaban J connectivity index is 2.19. The zero-order chi connectivity index (χ0) is 22.9. The van der Waals surface area contributed by atoms with Crippen LogP contribution in [0.2, 0.25) is 0 Å². The molecule has 0 saturated carbocycles. The van der Waals surface area contributed by atoms with Crippen molar-refractivity contribution in [3.63, 3.8) is 0 Å². The van der Waals surface area contributed by atoms with Crippen LogP contribution in [-0.2, 0) is 21.1 Å². The Bertz CT molecular complexity index is 1360. The van der Waals surface area contributed by atoms with Gasteiger partial charge >= 0.3 is 0 Å². The van der Waals surface area contributed by atoms with Gasteiger partial charge in [0.25, 0.3) is 5.56 Å². The number of pyridine rings is 2. The minimum atomic E-state index is -4.00. The predicted octanol–water partition coefficient (Wildman–Crippen LogP) is 1.62. The molecule has 0 spiro atoms. The second-order valence-electron chi connectivity index (χ2n) is 6.90. The smallest absolute Gasteiger partial charge is 0.281 e. The van der Waals surface area contributed by atoms with Gasteiger partial charge in [0.05, 0.1) is 17.0 Å². The molecule has 0 unspecified atom stereocenters. The molecule has 0 fully saturated rings. The first kappa shape index (κ1) is 21.9. The molecule has 0 aliphatic heterocycles. The van der Waals surface area contributed by atoms with Crippen LogP contribution in [0, 0.1) is 13.8 Å². The number of amides is 1. The van der Waals surface area contributed by atoms with E-state index < -0.39 is 27.0 Å². The molecule has 0 bridgehead atoms. The van der Waals surface area contributed by atoms with Crippen molar-refractivity contribution in [3.8, 4) is 5.82 Å². The molecule has 4 N–H and O–H groups in total. The Morgan fingerprint density at radius 2 is 1.81 bits per heavy atom. The highest BCUT2D eigenvalue weighted by atomic mass is 32.2. The summed E-state index contributed by atoms with van der Waals surface area (Å²) >= 11 is 0. The summed E-state index contributed by atoms with van der Waals surface area (Å²) in [5.74, 6) is -0.344. The summed E-state index contributed by atoms with van der Waals surface area (Å²) in [7, 11) is -4.00. The summed E-state index contributed by atoms with van der Waals surface area (Å²) in [4.78, 5) is 32.1. The topological polar surface area (TPSA) is 150 Å². The number of aryl methyl sites for hydroxylation is 2. The normalized spacial score (nSPS) is 11.3. The molecule has 160 valence electrons. The molecule has 31 heavy (non-hydrogen) atoms. The van der Waals surface area contributed by atoms with E-state index >= 15 is 0 Å². The monoisotopic (exact) mass is 439 g/mol. The maximum absolute atomic E-state index is 13.1. The van der Waals surface area contributed by atoms with E-state index in [-0.39, 0.29) is 33.4 Å². The standard InChI is InChI=1S/C21H21N5O4S/c1-12-9-17(31(29,30)15-7-5-4-6-8-15)19(23)21(28)26(12)20-16(22)10-14(13(2)25-20)11-18(27)24-3/h4-10H,3,11,22-23H2,1-2H3. The van der Waals surface area contributed by atoms with Gasteiger partial charge in [-0.3, -0.25) is 14.2 Å². The third-order valence-corrected chi connectivity index (χ3v) is 6.60. The average molecular weight is 439 g/mol. The van der Waals surface area contributed by atoms with Crippen LogP contribution in [0.25, 0.3) is 5.82 Å². The van der Waals surface area contributed by atoms with E-state index in [2.05, 4.69) is 16.7 Å². The Morgan fingerprint density at radius 3 is 2.42 bits per heavy atom. The van der Waals surface area contributed by atoms with E-state index in [1.807, 2.05) is 0 Å². The molecule has 2 aromatic heterocycles. The van der Waals surface area contributed by atoms with E-state index in [4.69, 9.17) is 11.5 Å². The van der Waals surface area contributed by atoms with E-state index in [1.165, 1.54) is 24.3 Å². The maximum atomic E-state index is 13.1. The van der Waals surface area contributed by atoms with Crippen LogP contribution < -0.4 is 17.0 Å². The molecule has 3 aromatic rings. The van der Waals surface area contributed by atoms with Crippen molar-refractivity contribution in [2.45, 2.75) is 30.1 Å². The number of rotatable bonds is 5. The summed E-state index contributed by atoms with van der Waals surface area (Å²) in [5.41, 5.74) is 12.3. The Morgan fingerprint density at radius 1 is 1.16 bits per heavy atom. The van der Waals surface area contributed by atoms with Crippen LogP contribution in [0.15, 0.2) is 62.0 Å². The zero-order valence-corrected chi connectivity index (χ0v) is 17.8. The van der Waals surface area contributed by atoms with Crippen LogP contribution in [-0.4, -0.2) is 30.6 Å². The van der Waals surface area contributed by atoms with Gasteiger partial charge in [-0.2, -0.15) is 0 Å². The molecule has 0 saturated heterocycles. The highest BCUT2D eigenvalue weighted by Gasteiger charge is 2.25. The Hall–Kier alpha value is -3.79. The van der Waals surface area contributed by atoms with Crippen molar-refractivity contribution >= 4 is 33.8 Å². The van der Waals surface area contributed by atoms with E-state index in [1.54, 1.807) is 32.0 Å². The minimum absolute atomic E-state index is 0.0246. The van der Waals surface area contributed by atoms with Crippen molar-refractivity contribution in [1.82, 2.24) is 9.55 Å². The van der Waals surface area contributed by atoms with E-state index in [0.29, 0.717) is 11.3 Å². The molecule has 2 heterocycles. The van der Waals surface area contributed by atoms with Crippen molar-refractivity contribution < 1.29 is 13.2 Å². The fourth-order valence-corrected chi connectivity index (χ4v) is 4.63. The number of benzene rings is 1. The molecule has 1 amide bonds. The largest absolute Gasteiger partial charge is 0.396 e.